The standard InChI is InChI=1S/C16H15N5O2/c22-21(23)16-15(18-14-7-1-2-9-20(14)16)19-10-4-6-13(19)12-5-3-8-17-11-12/h1-3,5,7-9,11,13H,4,6,10H2. The summed E-state index contributed by atoms with van der Waals surface area (Å²) in [6.45, 7) is 0.754. The summed E-state index contributed by atoms with van der Waals surface area (Å²) in [4.78, 5) is 22.0. The molecule has 1 aliphatic heterocycles. The summed E-state index contributed by atoms with van der Waals surface area (Å²) in [7, 11) is 0. The Labute approximate surface area is 132 Å². The molecule has 0 aromatic carbocycles. The molecule has 0 saturated carbocycles. The van der Waals surface area contributed by atoms with E-state index in [0.717, 1.165) is 24.9 Å². The number of nitrogens with zero attached hydrogens (tertiary/aromatic N) is 5. The third-order valence-corrected chi connectivity index (χ3v) is 4.25. The molecule has 116 valence electrons. The topological polar surface area (TPSA) is 76.6 Å². The Morgan fingerprint density at radius 2 is 2.17 bits per heavy atom. The first-order valence-electron chi connectivity index (χ1n) is 7.54. The van der Waals surface area contributed by atoms with Gasteiger partial charge in [0.15, 0.2) is 0 Å². The van der Waals surface area contributed by atoms with Crippen LogP contribution in [0.15, 0.2) is 48.9 Å². The zero-order valence-electron chi connectivity index (χ0n) is 12.4. The molecule has 1 aliphatic rings. The Morgan fingerprint density at radius 1 is 1.26 bits per heavy atom. The number of fused-ring (bicyclic) bond motifs is 1. The van der Waals surface area contributed by atoms with Crippen molar-refractivity contribution in [1.82, 2.24) is 14.4 Å². The van der Waals surface area contributed by atoms with Crippen LogP contribution < -0.4 is 4.90 Å². The van der Waals surface area contributed by atoms with Gasteiger partial charge < -0.3 is 15.0 Å². The number of aromatic nitrogens is 3. The van der Waals surface area contributed by atoms with E-state index in [2.05, 4.69) is 9.97 Å². The largest absolute Gasteiger partial charge is 0.372 e. The van der Waals surface area contributed by atoms with Gasteiger partial charge >= 0.3 is 5.82 Å². The molecular weight excluding hydrogens is 294 g/mol. The van der Waals surface area contributed by atoms with Gasteiger partial charge in [0.2, 0.25) is 11.5 Å². The Kier molecular flexibility index (Phi) is 3.18. The fourth-order valence-electron chi connectivity index (χ4n) is 3.27. The minimum Gasteiger partial charge on any atom is -0.358 e. The van der Waals surface area contributed by atoms with E-state index in [1.807, 2.05) is 29.3 Å². The maximum absolute atomic E-state index is 11.6. The van der Waals surface area contributed by atoms with Gasteiger partial charge in [-0.05, 0) is 35.5 Å². The maximum Gasteiger partial charge on any atom is 0.372 e. The molecule has 1 fully saturated rings. The predicted molar refractivity (Wildman–Crippen MR) is 85.4 cm³/mol. The summed E-state index contributed by atoms with van der Waals surface area (Å²) >= 11 is 0. The van der Waals surface area contributed by atoms with Crippen LogP contribution in [0.5, 0.6) is 0 Å². The lowest BCUT2D eigenvalue weighted by Gasteiger charge is -2.24. The number of hydrogen-bond donors (Lipinski definition) is 0. The molecule has 1 saturated heterocycles. The first kappa shape index (κ1) is 13.7. The number of rotatable bonds is 3. The molecule has 3 aromatic rings. The number of hydrogen-bond acceptors (Lipinski definition) is 5. The minimum absolute atomic E-state index is 0.0244. The van der Waals surface area contributed by atoms with Crippen LogP contribution in [0.2, 0.25) is 0 Å². The fourth-order valence-corrected chi connectivity index (χ4v) is 3.27. The van der Waals surface area contributed by atoms with Crippen LogP contribution in [0.1, 0.15) is 24.4 Å². The lowest BCUT2D eigenvalue weighted by Crippen LogP contribution is -2.23. The molecule has 0 amide bonds. The van der Waals surface area contributed by atoms with E-state index < -0.39 is 0 Å². The first-order valence-corrected chi connectivity index (χ1v) is 7.54. The van der Waals surface area contributed by atoms with Gasteiger partial charge in [0.1, 0.15) is 0 Å². The summed E-state index contributed by atoms with van der Waals surface area (Å²) in [5.74, 6) is 0.462. The van der Waals surface area contributed by atoms with Gasteiger partial charge in [-0.1, -0.05) is 12.1 Å². The van der Waals surface area contributed by atoms with Crippen LogP contribution in [0, 0.1) is 10.1 Å². The molecule has 0 spiro atoms. The SMILES string of the molecule is O=[N+]([O-])c1c(N2CCCC2c2cccnc2)nc2ccccn12. The smallest absolute Gasteiger partial charge is 0.358 e. The van der Waals surface area contributed by atoms with E-state index in [9.17, 15) is 10.1 Å². The maximum atomic E-state index is 11.6. The van der Waals surface area contributed by atoms with E-state index >= 15 is 0 Å². The van der Waals surface area contributed by atoms with Gasteiger partial charge in [0, 0.05) is 25.0 Å². The van der Waals surface area contributed by atoms with E-state index in [1.54, 1.807) is 24.5 Å². The minimum atomic E-state index is -0.353. The molecule has 4 rings (SSSR count). The second kappa shape index (κ2) is 5.35. The molecule has 3 aromatic heterocycles. The van der Waals surface area contributed by atoms with Gasteiger partial charge in [-0.3, -0.25) is 4.98 Å². The fraction of sp³-hybridized carbons (Fsp3) is 0.250. The highest BCUT2D eigenvalue weighted by Gasteiger charge is 2.34. The average Bonchev–Trinajstić information content (AvgIpc) is 3.19. The molecule has 0 bridgehead atoms. The van der Waals surface area contributed by atoms with E-state index in [-0.39, 0.29) is 16.8 Å². The highest BCUT2D eigenvalue weighted by atomic mass is 16.6. The Balaban J connectivity index is 1.85. The Bertz CT molecular complexity index is 861. The third kappa shape index (κ3) is 2.21. The summed E-state index contributed by atoms with van der Waals surface area (Å²) in [6, 6.07) is 9.37. The summed E-state index contributed by atoms with van der Waals surface area (Å²) in [5.41, 5.74) is 1.65. The Morgan fingerprint density at radius 3 is 2.96 bits per heavy atom. The highest BCUT2D eigenvalue weighted by molar-refractivity contribution is 5.64. The Hall–Kier alpha value is -2.96. The van der Waals surface area contributed by atoms with Crippen molar-refractivity contribution in [2.45, 2.75) is 18.9 Å². The predicted octanol–water partition coefficient (Wildman–Crippen LogP) is 2.98. The number of pyridine rings is 2. The van der Waals surface area contributed by atoms with Crippen molar-refractivity contribution in [3.63, 3.8) is 0 Å². The molecular formula is C16H15N5O2. The zero-order chi connectivity index (χ0) is 15.8. The number of anilines is 1. The van der Waals surface area contributed by atoms with Gasteiger partial charge in [0.05, 0.1) is 12.2 Å². The van der Waals surface area contributed by atoms with Crippen LogP contribution >= 0.6 is 0 Å². The van der Waals surface area contributed by atoms with Crippen molar-refractivity contribution in [3.8, 4) is 0 Å². The van der Waals surface area contributed by atoms with E-state index in [0.29, 0.717) is 11.5 Å². The molecule has 7 nitrogen and oxygen atoms in total. The molecule has 4 heterocycles. The van der Waals surface area contributed by atoms with Gasteiger partial charge in [0.25, 0.3) is 0 Å². The number of imidazole rings is 1. The van der Waals surface area contributed by atoms with Crippen molar-refractivity contribution in [1.29, 1.82) is 0 Å². The summed E-state index contributed by atoms with van der Waals surface area (Å²) in [6.07, 6.45) is 7.15. The van der Waals surface area contributed by atoms with Crippen molar-refractivity contribution in [2.24, 2.45) is 0 Å². The van der Waals surface area contributed by atoms with Crippen LogP contribution in [-0.2, 0) is 0 Å². The average molecular weight is 309 g/mol. The molecule has 1 atom stereocenters. The molecule has 0 aliphatic carbocycles. The lowest BCUT2D eigenvalue weighted by molar-refractivity contribution is -0.389. The second-order valence-electron chi connectivity index (χ2n) is 5.58. The van der Waals surface area contributed by atoms with Crippen molar-refractivity contribution in [2.75, 3.05) is 11.4 Å². The van der Waals surface area contributed by atoms with Crippen LogP contribution in [-0.4, -0.2) is 25.8 Å². The van der Waals surface area contributed by atoms with E-state index in [1.165, 1.54) is 4.40 Å². The third-order valence-electron chi connectivity index (χ3n) is 4.25. The van der Waals surface area contributed by atoms with Crippen molar-refractivity contribution in [3.05, 3.63) is 64.6 Å². The first-order chi connectivity index (χ1) is 11.3. The van der Waals surface area contributed by atoms with Crippen molar-refractivity contribution >= 4 is 17.3 Å². The van der Waals surface area contributed by atoms with Crippen LogP contribution in [0.3, 0.4) is 0 Å². The number of nitro groups is 1. The summed E-state index contributed by atoms with van der Waals surface area (Å²) in [5, 5.41) is 11.6. The lowest BCUT2D eigenvalue weighted by atomic mass is 10.1. The van der Waals surface area contributed by atoms with Gasteiger partial charge in [-0.2, -0.15) is 9.38 Å². The molecule has 7 heteroatoms. The molecule has 1 unspecified atom stereocenters. The highest BCUT2D eigenvalue weighted by Crippen LogP contribution is 2.39. The quantitative estimate of drug-likeness (QED) is 0.549. The second-order valence-corrected chi connectivity index (χ2v) is 5.58. The van der Waals surface area contributed by atoms with Crippen LogP contribution in [0.25, 0.3) is 5.65 Å². The van der Waals surface area contributed by atoms with E-state index in [4.69, 9.17) is 0 Å². The zero-order valence-corrected chi connectivity index (χ0v) is 12.4. The van der Waals surface area contributed by atoms with Gasteiger partial charge in [-0.15, -0.1) is 0 Å². The monoisotopic (exact) mass is 309 g/mol. The molecule has 0 N–H and O–H groups in total. The van der Waals surface area contributed by atoms with Crippen LogP contribution in [0.4, 0.5) is 11.6 Å². The molecule has 23 heavy (non-hydrogen) atoms. The van der Waals surface area contributed by atoms with Gasteiger partial charge in [-0.25, -0.2) is 0 Å². The molecule has 0 radical (unpaired) electrons. The normalized spacial score (nSPS) is 17.7. The van der Waals surface area contributed by atoms with Crippen molar-refractivity contribution < 1.29 is 4.92 Å². The summed E-state index contributed by atoms with van der Waals surface area (Å²) < 4.78 is 1.54.